The smallest absolute Gasteiger partial charge is 0.255 e. The maximum absolute atomic E-state index is 12.3. The number of nitrogens with one attached hydrogen (secondary N) is 2. The van der Waals surface area contributed by atoms with Gasteiger partial charge in [-0.05, 0) is 43.3 Å². The number of nitrogens with zero attached hydrogens (tertiary/aromatic N) is 1. The molecule has 0 saturated carbocycles. The number of hydrogen-bond acceptors (Lipinski definition) is 5. The number of ether oxygens (including phenoxy) is 2. The fourth-order valence-electron chi connectivity index (χ4n) is 1.95. The van der Waals surface area contributed by atoms with Crippen LogP contribution < -0.4 is 15.4 Å². The first-order valence-electron chi connectivity index (χ1n) is 7.46. The molecule has 0 aliphatic rings. The Morgan fingerprint density at radius 1 is 1.22 bits per heavy atom. The van der Waals surface area contributed by atoms with Gasteiger partial charge in [0.1, 0.15) is 11.6 Å². The molecule has 6 nitrogen and oxygen atoms in total. The summed E-state index contributed by atoms with van der Waals surface area (Å²) in [6.07, 6.45) is 1.60. The average molecular weight is 315 g/mol. The minimum Gasteiger partial charge on any atom is -0.494 e. The van der Waals surface area contributed by atoms with Crippen LogP contribution in [0.2, 0.25) is 0 Å². The fraction of sp³-hybridized carbons (Fsp3) is 0.294. The third-order valence-corrected chi connectivity index (χ3v) is 3.06. The number of methoxy groups -OCH3 is 1. The zero-order valence-electron chi connectivity index (χ0n) is 13.3. The molecule has 122 valence electrons. The summed E-state index contributed by atoms with van der Waals surface area (Å²) in [6.45, 7) is 3.75. The highest BCUT2D eigenvalue weighted by molar-refractivity contribution is 6.04. The number of rotatable bonds is 8. The Kier molecular flexibility index (Phi) is 6.38. The molecule has 0 aliphatic heterocycles. The molecule has 1 aromatic carbocycles. The molecule has 0 unspecified atom stereocenters. The van der Waals surface area contributed by atoms with E-state index in [0.717, 1.165) is 5.75 Å². The third-order valence-electron chi connectivity index (χ3n) is 3.06. The van der Waals surface area contributed by atoms with E-state index in [2.05, 4.69) is 15.6 Å². The zero-order valence-corrected chi connectivity index (χ0v) is 13.3. The Morgan fingerprint density at radius 3 is 2.70 bits per heavy atom. The summed E-state index contributed by atoms with van der Waals surface area (Å²) >= 11 is 0. The summed E-state index contributed by atoms with van der Waals surface area (Å²) in [4.78, 5) is 16.5. The molecule has 0 aliphatic carbocycles. The molecule has 0 saturated heterocycles. The summed E-state index contributed by atoms with van der Waals surface area (Å²) in [5, 5.41) is 5.94. The molecule has 1 amide bonds. The topological polar surface area (TPSA) is 72.5 Å². The van der Waals surface area contributed by atoms with Gasteiger partial charge in [0.25, 0.3) is 5.91 Å². The first-order valence-corrected chi connectivity index (χ1v) is 7.46. The lowest BCUT2D eigenvalue weighted by molar-refractivity contribution is 0.102. The molecule has 2 aromatic rings. The minimum absolute atomic E-state index is 0.189. The summed E-state index contributed by atoms with van der Waals surface area (Å²) in [6, 6.07) is 10.6. The Hall–Kier alpha value is -2.60. The number of carbonyl (C=O) groups is 1. The second kappa shape index (κ2) is 8.75. The lowest BCUT2D eigenvalue weighted by atomic mass is 10.2. The molecule has 1 aromatic heterocycles. The Bertz CT molecular complexity index is 629. The van der Waals surface area contributed by atoms with Crippen molar-refractivity contribution in [2.24, 2.45) is 0 Å². The van der Waals surface area contributed by atoms with Crippen molar-refractivity contribution in [1.82, 2.24) is 4.98 Å². The number of amides is 1. The number of hydrogen-bond donors (Lipinski definition) is 2. The largest absolute Gasteiger partial charge is 0.494 e. The monoisotopic (exact) mass is 315 g/mol. The standard InChI is InChI=1S/C17H21N3O3/c1-3-23-15-6-4-14(5-7-15)20-17(21)13-8-9-18-16(12-13)19-10-11-22-2/h4-9,12H,3,10-11H2,1-2H3,(H,18,19)(H,20,21). The SMILES string of the molecule is CCOc1ccc(NC(=O)c2ccnc(NCCOC)c2)cc1. The Balaban J connectivity index is 1.98. The minimum atomic E-state index is -0.189. The van der Waals surface area contributed by atoms with Crippen molar-refractivity contribution >= 4 is 17.4 Å². The van der Waals surface area contributed by atoms with Crippen molar-refractivity contribution in [3.05, 3.63) is 48.2 Å². The normalized spacial score (nSPS) is 10.2. The first-order chi connectivity index (χ1) is 11.2. The van der Waals surface area contributed by atoms with Crippen molar-refractivity contribution in [3.8, 4) is 5.75 Å². The van der Waals surface area contributed by atoms with E-state index < -0.39 is 0 Å². The highest BCUT2D eigenvalue weighted by Crippen LogP contribution is 2.17. The van der Waals surface area contributed by atoms with E-state index in [0.29, 0.717) is 36.8 Å². The van der Waals surface area contributed by atoms with Gasteiger partial charge in [-0.3, -0.25) is 4.79 Å². The molecule has 0 spiro atoms. The van der Waals surface area contributed by atoms with Crippen molar-refractivity contribution in [3.63, 3.8) is 0 Å². The van der Waals surface area contributed by atoms with Crippen LogP contribution in [-0.4, -0.2) is 37.8 Å². The second-order valence-corrected chi connectivity index (χ2v) is 4.76. The molecule has 0 atom stereocenters. The van der Waals surface area contributed by atoms with Crippen molar-refractivity contribution < 1.29 is 14.3 Å². The van der Waals surface area contributed by atoms with Gasteiger partial charge in [-0.15, -0.1) is 0 Å². The molecule has 0 radical (unpaired) electrons. The molecule has 1 heterocycles. The van der Waals surface area contributed by atoms with Crippen molar-refractivity contribution in [1.29, 1.82) is 0 Å². The van der Waals surface area contributed by atoms with Crippen LogP contribution >= 0.6 is 0 Å². The molecular formula is C17H21N3O3. The second-order valence-electron chi connectivity index (χ2n) is 4.76. The van der Waals surface area contributed by atoms with E-state index in [1.54, 1.807) is 25.4 Å². The van der Waals surface area contributed by atoms with Crippen LogP contribution in [0.1, 0.15) is 17.3 Å². The van der Waals surface area contributed by atoms with Crippen LogP contribution in [-0.2, 0) is 4.74 Å². The quantitative estimate of drug-likeness (QED) is 0.733. The van der Waals surface area contributed by atoms with Crippen LogP contribution in [0.15, 0.2) is 42.6 Å². The number of anilines is 2. The van der Waals surface area contributed by atoms with E-state index >= 15 is 0 Å². The molecule has 6 heteroatoms. The maximum Gasteiger partial charge on any atom is 0.255 e. The number of benzene rings is 1. The number of aromatic nitrogens is 1. The number of carbonyl (C=O) groups excluding carboxylic acids is 1. The van der Waals surface area contributed by atoms with Gasteiger partial charge in [-0.25, -0.2) is 4.98 Å². The van der Waals surface area contributed by atoms with Gasteiger partial charge in [-0.1, -0.05) is 0 Å². The molecule has 2 N–H and O–H groups in total. The molecular weight excluding hydrogens is 294 g/mol. The summed E-state index contributed by atoms with van der Waals surface area (Å²) < 4.78 is 10.3. The lowest BCUT2D eigenvalue weighted by Crippen LogP contribution is -2.14. The molecule has 23 heavy (non-hydrogen) atoms. The maximum atomic E-state index is 12.3. The van der Waals surface area contributed by atoms with Crippen LogP contribution in [0.4, 0.5) is 11.5 Å². The van der Waals surface area contributed by atoms with E-state index in [1.807, 2.05) is 31.2 Å². The van der Waals surface area contributed by atoms with Crippen LogP contribution in [0.3, 0.4) is 0 Å². The van der Waals surface area contributed by atoms with Gasteiger partial charge in [0.05, 0.1) is 13.2 Å². The summed E-state index contributed by atoms with van der Waals surface area (Å²) in [7, 11) is 1.63. The third kappa shape index (κ3) is 5.27. The molecule has 2 rings (SSSR count). The van der Waals surface area contributed by atoms with Gasteiger partial charge < -0.3 is 20.1 Å². The average Bonchev–Trinajstić information content (AvgIpc) is 2.57. The zero-order chi connectivity index (χ0) is 16.5. The highest BCUT2D eigenvalue weighted by Gasteiger charge is 2.07. The predicted molar refractivity (Wildman–Crippen MR) is 90.2 cm³/mol. The summed E-state index contributed by atoms with van der Waals surface area (Å²) in [5.41, 5.74) is 1.25. The molecule has 0 fully saturated rings. The lowest BCUT2D eigenvalue weighted by Gasteiger charge is -2.09. The van der Waals surface area contributed by atoms with Crippen LogP contribution in [0.25, 0.3) is 0 Å². The molecule has 0 bridgehead atoms. The Morgan fingerprint density at radius 2 is 2.00 bits per heavy atom. The Labute approximate surface area is 135 Å². The summed E-state index contributed by atoms with van der Waals surface area (Å²) in [5.74, 6) is 1.23. The van der Waals surface area contributed by atoms with E-state index in [1.165, 1.54) is 0 Å². The van der Waals surface area contributed by atoms with Gasteiger partial charge >= 0.3 is 0 Å². The van der Waals surface area contributed by atoms with Crippen LogP contribution in [0.5, 0.6) is 5.75 Å². The van der Waals surface area contributed by atoms with E-state index in [9.17, 15) is 4.79 Å². The van der Waals surface area contributed by atoms with E-state index in [4.69, 9.17) is 9.47 Å². The van der Waals surface area contributed by atoms with E-state index in [-0.39, 0.29) is 5.91 Å². The highest BCUT2D eigenvalue weighted by atomic mass is 16.5. The van der Waals surface area contributed by atoms with Crippen molar-refractivity contribution in [2.45, 2.75) is 6.92 Å². The first kappa shape index (κ1) is 16.8. The van der Waals surface area contributed by atoms with Gasteiger partial charge in [-0.2, -0.15) is 0 Å². The van der Waals surface area contributed by atoms with Crippen molar-refractivity contribution in [2.75, 3.05) is 37.5 Å². The van der Waals surface area contributed by atoms with Gasteiger partial charge in [0, 0.05) is 31.1 Å². The van der Waals surface area contributed by atoms with Gasteiger partial charge in [0.15, 0.2) is 0 Å². The predicted octanol–water partition coefficient (Wildman–Crippen LogP) is 2.79. The van der Waals surface area contributed by atoms with Gasteiger partial charge in [0.2, 0.25) is 0 Å². The number of pyridine rings is 1. The fourth-order valence-corrected chi connectivity index (χ4v) is 1.95. The van der Waals surface area contributed by atoms with Crippen LogP contribution in [0, 0.1) is 0 Å².